The highest BCUT2D eigenvalue weighted by Gasteiger charge is 2.26. The van der Waals surface area contributed by atoms with Crippen LogP contribution < -0.4 is 11.5 Å². The third kappa shape index (κ3) is 3.12. The number of carbonyl (C=O) groups excluding carboxylic acids is 1. The number of halogens is 2. The summed E-state index contributed by atoms with van der Waals surface area (Å²) in [5.41, 5.74) is 13.1. The Kier molecular flexibility index (Phi) is 4.48. The lowest BCUT2D eigenvalue weighted by atomic mass is 10.1. The smallest absolute Gasteiger partial charge is 0.264 e. The Bertz CT molecular complexity index is 1020. The van der Waals surface area contributed by atoms with Crippen molar-refractivity contribution in [3.63, 3.8) is 0 Å². The number of hydrogen-bond donors (Lipinski definition) is 2. The molecule has 4 N–H and O–H groups in total. The zero-order valence-electron chi connectivity index (χ0n) is 13.6. The summed E-state index contributed by atoms with van der Waals surface area (Å²) in [6.45, 7) is 1.23. The molecule has 1 unspecified atom stereocenters. The van der Waals surface area contributed by atoms with Crippen LogP contribution in [0.4, 0.5) is 5.95 Å². The Morgan fingerprint density at radius 3 is 2.77 bits per heavy atom. The highest BCUT2D eigenvalue weighted by Crippen LogP contribution is 2.37. The second kappa shape index (κ2) is 6.66. The van der Waals surface area contributed by atoms with Crippen LogP contribution in [0.2, 0.25) is 10.0 Å². The topological polar surface area (TPSA) is 98.1 Å². The van der Waals surface area contributed by atoms with Gasteiger partial charge in [0.05, 0.1) is 15.6 Å². The van der Waals surface area contributed by atoms with Crippen molar-refractivity contribution in [3.05, 3.63) is 39.2 Å². The van der Waals surface area contributed by atoms with Crippen molar-refractivity contribution in [1.29, 1.82) is 0 Å². The van der Waals surface area contributed by atoms with Gasteiger partial charge in [-0.05, 0) is 30.7 Å². The van der Waals surface area contributed by atoms with E-state index in [4.69, 9.17) is 34.7 Å². The molecular weight excluding hydrogens is 393 g/mol. The lowest BCUT2D eigenvalue weighted by Gasteiger charge is -2.13. The first-order valence-corrected chi connectivity index (χ1v) is 9.57. The van der Waals surface area contributed by atoms with E-state index in [2.05, 4.69) is 9.97 Å². The number of nitrogen functional groups attached to an aromatic ring is 1. The number of nitrogens with two attached hydrogens (primary N) is 2. The average molecular weight is 408 g/mol. The number of carbonyl (C=O) groups is 1. The van der Waals surface area contributed by atoms with Crippen molar-refractivity contribution in [1.82, 2.24) is 14.9 Å². The van der Waals surface area contributed by atoms with Gasteiger partial charge in [-0.3, -0.25) is 4.79 Å². The minimum Gasteiger partial charge on any atom is -0.368 e. The summed E-state index contributed by atoms with van der Waals surface area (Å²) in [6, 6.07) is 6.99. The summed E-state index contributed by atoms with van der Waals surface area (Å²) in [4.78, 5) is 24.4. The van der Waals surface area contributed by atoms with E-state index < -0.39 is 0 Å². The minimum atomic E-state index is -0.0484. The molecule has 1 fully saturated rings. The molecule has 134 valence electrons. The maximum Gasteiger partial charge on any atom is 0.264 e. The third-order valence-electron chi connectivity index (χ3n) is 4.32. The molecule has 1 aromatic carbocycles. The van der Waals surface area contributed by atoms with Gasteiger partial charge in [-0.1, -0.05) is 23.2 Å². The zero-order chi connectivity index (χ0) is 18.4. The fourth-order valence-electron chi connectivity index (χ4n) is 3.06. The van der Waals surface area contributed by atoms with Crippen LogP contribution in [0, 0.1) is 0 Å². The van der Waals surface area contributed by atoms with Gasteiger partial charge in [0.1, 0.15) is 4.83 Å². The Morgan fingerprint density at radius 2 is 2.08 bits per heavy atom. The number of fused-ring (bicyclic) bond motifs is 1. The van der Waals surface area contributed by atoms with Crippen LogP contribution in [0.1, 0.15) is 16.1 Å². The van der Waals surface area contributed by atoms with Crippen LogP contribution in [0.25, 0.3) is 21.5 Å². The summed E-state index contributed by atoms with van der Waals surface area (Å²) in [5, 5.41) is 1.73. The molecule has 0 aliphatic carbocycles. The van der Waals surface area contributed by atoms with Crippen molar-refractivity contribution in [3.8, 4) is 11.3 Å². The van der Waals surface area contributed by atoms with E-state index >= 15 is 0 Å². The van der Waals surface area contributed by atoms with Crippen LogP contribution in [0.15, 0.2) is 24.3 Å². The minimum absolute atomic E-state index is 0.0344. The zero-order valence-corrected chi connectivity index (χ0v) is 15.9. The highest BCUT2D eigenvalue weighted by atomic mass is 35.5. The second-order valence-electron chi connectivity index (χ2n) is 6.18. The predicted molar refractivity (Wildman–Crippen MR) is 106 cm³/mol. The number of amides is 1. The fourth-order valence-corrected chi connectivity index (χ4v) is 4.56. The normalized spacial score (nSPS) is 17.2. The van der Waals surface area contributed by atoms with Crippen LogP contribution in [-0.2, 0) is 0 Å². The lowest BCUT2D eigenvalue weighted by Crippen LogP contribution is -2.31. The first-order chi connectivity index (χ1) is 12.4. The summed E-state index contributed by atoms with van der Waals surface area (Å²) >= 11 is 13.6. The van der Waals surface area contributed by atoms with E-state index in [0.717, 1.165) is 11.8 Å². The third-order valence-corrected chi connectivity index (χ3v) is 5.88. The Labute approximate surface area is 163 Å². The molecule has 1 aliphatic rings. The Balaban J connectivity index is 1.82. The molecule has 6 nitrogen and oxygen atoms in total. The van der Waals surface area contributed by atoms with Gasteiger partial charge in [0.15, 0.2) is 0 Å². The van der Waals surface area contributed by atoms with E-state index in [0.29, 0.717) is 44.1 Å². The summed E-state index contributed by atoms with van der Waals surface area (Å²) in [5.74, 6) is 0.0789. The largest absolute Gasteiger partial charge is 0.368 e. The molecule has 1 saturated heterocycles. The number of hydrogen-bond acceptors (Lipinski definition) is 6. The molecule has 2 aromatic heterocycles. The van der Waals surface area contributed by atoms with E-state index in [-0.39, 0.29) is 17.9 Å². The molecule has 3 heterocycles. The standard InChI is InChI=1S/C17H15Cl2N5OS/c18-8-1-2-10(12(19)5-8)14-11-6-13(26-15(11)23-17(21)22-14)16(25)24-4-3-9(20)7-24/h1-2,5-6,9H,3-4,7,20H2,(H2,21,22,23). The summed E-state index contributed by atoms with van der Waals surface area (Å²) in [6.07, 6.45) is 0.815. The van der Waals surface area contributed by atoms with Gasteiger partial charge in [-0.25, -0.2) is 9.97 Å². The number of anilines is 1. The highest BCUT2D eigenvalue weighted by molar-refractivity contribution is 7.20. The van der Waals surface area contributed by atoms with Crippen molar-refractivity contribution < 1.29 is 4.79 Å². The second-order valence-corrected chi connectivity index (χ2v) is 8.06. The van der Waals surface area contributed by atoms with Crippen molar-refractivity contribution in [2.24, 2.45) is 5.73 Å². The molecule has 1 amide bonds. The van der Waals surface area contributed by atoms with Crippen molar-refractivity contribution in [2.75, 3.05) is 18.8 Å². The monoisotopic (exact) mass is 407 g/mol. The SMILES string of the molecule is Nc1nc(-c2ccc(Cl)cc2Cl)c2cc(C(=O)N3CCC(N)C3)sc2n1. The van der Waals surface area contributed by atoms with Crippen molar-refractivity contribution >= 4 is 56.6 Å². The number of likely N-dealkylation sites (tertiary alicyclic amines) is 1. The van der Waals surface area contributed by atoms with Gasteiger partial charge >= 0.3 is 0 Å². The number of rotatable bonds is 2. The molecule has 0 saturated carbocycles. The summed E-state index contributed by atoms with van der Waals surface area (Å²) in [7, 11) is 0. The van der Waals surface area contributed by atoms with Crippen molar-refractivity contribution in [2.45, 2.75) is 12.5 Å². The molecule has 1 atom stereocenters. The van der Waals surface area contributed by atoms with Gasteiger partial charge in [0, 0.05) is 35.1 Å². The van der Waals surface area contributed by atoms with Crippen LogP contribution >= 0.6 is 34.5 Å². The lowest BCUT2D eigenvalue weighted by molar-refractivity contribution is 0.0795. The number of benzene rings is 1. The molecule has 26 heavy (non-hydrogen) atoms. The van der Waals surface area contributed by atoms with Gasteiger partial charge in [-0.15, -0.1) is 11.3 Å². The maximum absolute atomic E-state index is 12.8. The van der Waals surface area contributed by atoms with E-state index in [1.807, 2.05) is 0 Å². The molecular formula is C17H15Cl2N5OS. The molecule has 0 bridgehead atoms. The van der Waals surface area contributed by atoms with Gasteiger partial charge < -0.3 is 16.4 Å². The first kappa shape index (κ1) is 17.5. The van der Waals surface area contributed by atoms with Gasteiger partial charge in [-0.2, -0.15) is 0 Å². The molecule has 4 rings (SSSR count). The number of nitrogens with zero attached hydrogens (tertiary/aromatic N) is 3. The van der Waals surface area contributed by atoms with Gasteiger partial charge in [0.2, 0.25) is 5.95 Å². The molecule has 1 aliphatic heterocycles. The average Bonchev–Trinajstić information content (AvgIpc) is 3.20. The van der Waals surface area contributed by atoms with E-state index in [1.165, 1.54) is 11.3 Å². The van der Waals surface area contributed by atoms with Crippen LogP contribution in [0.5, 0.6) is 0 Å². The Hall–Kier alpha value is -1.93. The van der Waals surface area contributed by atoms with Crippen LogP contribution in [0.3, 0.4) is 0 Å². The predicted octanol–water partition coefficient (Wildman–Crippen LogP) is 3.42. The molecule has 0 spiro atoms. The maximum atomic E-state index is 12.8. The van der Waals surface area contributed by atoms with Gasteiger partial charge in [0.25, 0.3) is 5.91 Å². The quantitative estimate of drug-likeness (QED) is 0.677. The molecule has 3 aromatic rings. The Morgan fingerprint density at radius 1 is 1.27 bits per heavy atom. The summed E-state index contributed by atoms with van der Waals surface area (Å²) < 4.78 is 0. The van der Waals surface area contributed by atoms with E-state index in [9.17, 15) is 4.79 Å². The van der Waals surface area contributed by atoms with Crippen LogP contribution in [-0.4, -0.2) is 39.9 Å². The number of aromatic nitrogens is 2. The molecule has 9 heteroatoms. The van der Waals surface area contributed by atoms with E-state index in [1.54, 1.807) is 29.2 Å². The molecule has 0 radical (unpaired) electrons. The number of thiophene rings is 1. The fraction of sp³-hybridized carbons (Fsp3) is 0.235. The first-order valence-electron chi connectivity index (χ1n) is 7.99.